The van der Waals surface area contributed by atoms with Crippen molar-refractivity contribution >= 4 is 21.7 Å². The van der Waals surface area contributed by atoms with Crippen molar-refractivity contribution < 1.29 is 17.2 Å². The Hall–Kier alpha value is -3.77. The van der Waals surface area contributed by atoms with E-state index in [0.29, 0.717) is 5.56 Å². The number of rotatable bonds is 2. The molecule has 3 aromatic rings. The minimum Gasteiger partial charge on any atom is -0.323 e. The van der Waals surface area contributed by atoms with Crippen LogP contribution >= 0.6 is 0 Å². The van der Waals surface area contributed by atoms with E-state index in [9.17, 15) is 17.2 Å². The molecule has 2 heterocycles. The number of pyridine rings is 1. The number of hydrogen-bond donors (Lipinski definition) is 2. The van der Waals surface area contributed by atoms with E-state index in [1.165, 1.54) is 18.3 Å². The van der Waals surface area contributed by atoms with E-state index in [2.05, 4.69) is 31.9 Å². The van der Waals surface area contributed by atoms with Crippen LogP contribution in [0.4, 0.5) is 14.5 Å². The van der Waals surface area contributed by atoms with Crippen LogP contribution in [0, 0.1) is 23.5 Å². The molecule has 1 aliphatic rings. The maximum Gasteiger partial charge on any atom is 0.266 e. The standard InChI is InChI=1S/C21H14F2N4O2S/c22-16-10-11-19-20(15(16)9-8-14-5-2-1-3-6-14)26-21(27-30(19,28)29)25-13-18-17(23)7-4-12-24-18/h1-7,10-12H,13H2,(H2,25,26,27). The molecule has 0 atom stereocenters. The van der Waals surface area contributed by atoms with Crippen molar-refractivity contribution in [3.63, 3.8) is 0 Å². The van der Waals surface area contributed by atoms with Crippen molar-refractivity contribution in [3.05, 3.63) is 89.2 Å². The summed E-state index contributed by atoms with van der Waals surface area (Å²) in [6, 6.07) is 13.7. The van der Waals surface area contributed by atoms with E-state index >= 15 is 0 Å². The first kappa shape index (κ1) is 19.5. The summed E-state index contributed by atoms with van der Waals surface area (Å²) in [6.45, 7) is -0.215. The van der Waals surface area contributed by atoms with E-state index in [0.717, 1.165) is 12.1 Å². The summed E-state index contributed by atoms with van der Waals surface area (Å²) in [5.41, 5.74) is 0.543. The van der Waals surface area contributed by atoms with Gasteiger partial charge >= 0.3 is 0 Å². The van der Waals surface area contributed by atoms with Crippen LogP contribution in [0.25, 0.3) is 0 Å². The smallest absolute Gasteiger partial charge is 0.266 e. The molecule has 30 heavy (non-hydrogen) atoms. The van der Waals surface area contributed by atoms with E-state index in [1.54, 1.807) is 24.3 Å². The molecule has 4 rings (SSSR count). The van der Waals surface area contributed by atoms with Gasteiger partial charge in [-0.15, -0.1) is 0 Å². The molecule has 2 N–H and O–H groups in total. The number of aliphatic imine (C=N–C) groups is 1. The molecule has 0 amide bonds. The Bertz CT molecular complexity index is 1310. The molecule has 1 aliphatic heterocycles. The zero-order valence-electron chi connectivity index (χ0n) is 15.4. The average Bonchev–Trinajstić information content (AvgIpc) is 2.72. The summed E-state index contributed by atoms with van der Waals surface area (Å²) in [4.78, 5) is 7.75. The Morgan fingerprint density at radius 3 is 2.53 bits per heavy atom. The third-order valence-electron chi connectivity index (χ3n) is 4.21. The molecule has 0 bridgehead atoms. The SMILES string of the molecule is O=S1(=O)NC(=NCc2ncccc2F)Nc2c1ccc(F)c2C#Cc1ccccc1. The van der Waals surface area contributed by atoms with Gasteiger partial charge in [-0.25, -0.2) is 26.9 Å². The molecule has 0 unspecified atom stereocenters. The summed E-state index contributed by atoms with van der Waals surface area (Å²) >= 11 is 0. The maximum atomic E-state index is 14.5. The number of nitrogens with zero attached hydrogens (tertiary/aromatic N) is 2. The molecule has 150 valence electrons. The second kappa shape index (κ2) is 7.93. The normalized spacial score (nSPS) is 15.3. The van der Waals surface area contributed by atoms with Gasteiger partial charge in [0.15, 0.2) is 0 Å². The molecule has 2 aromatic carbocycles. The highest BCUT2D eigenvalue weighted by Gasteiger charge is 2.29. The predicted octanol–water partition coefficient (Wildman–Crippen LogP) is 3.02. The molecule has 9 heteroatoms. The van der Waals surface area contributed by atoms with Gasteiger partial charge in [-0.3, -0.25) is 4.98 Å². The second-order valence-corrected chi connectivity index (χ2v) is 7.89. The predicted molar refractivity (Wildman–Crippen MR) is 108 cm³/mol. The number of benzene rings is 2. The number of halogens is 2. The van der Waals surface area contributed by atoms with Gasteiger partial charge in [0.1, 0.15) is 16.5 Å². The van der Waals surface area contributed by atoms with Crippen LogP contribution in [0.1, 0.15) is 16.8 Å². The zero-order chi connectivity index (χ0) is 21.1. The number of fused-ring (bicyclic) bond motifs is 1. The lowest BCUT2D eigenvalue weighted by Gasteiger charge is -2.22. The first-order valence-corrected chi connectivity index (χ1v) is 10.3. The first-order valence-electron chi connectivity index (χ1n) is 8.77. The summed E-state index contributed by atoms with van der Waals surface area (Å²) in [5, 5.41) is 2.76. The summed E-state index contributed by atoms with van der Waals surface area (Å²) < 4.78 is 55.7. The fourth-order valence-electron chi connectivity index (χ4n) is 2.77. The maximum absolute atomic E-state index is 14.5. The summed E-state index contributed by atoms with van der Waals surface area (Å²) in [5.74, 6) is 4.07. The summed E-state index contributed by atoms with van der Waals surface area (Å²) in [6.07, 6.45) is 1.40. The molecule has 0 spiro atoms. The fraction of sp³-hybridized carbons (Fsp3) is 0.0476. The van der Waals surface area contributed by atoms with Crippen molar-refractivity contribution in [1.82, 2.24) is 9.71 Å². The Balaban J connectivity index is 1.74. The van der Waals surface area contributed by atoms with Crippen LogP contribution in [0.5, 0.6) is 0 Å². The van der Waals surface area contributed by atoms with E-state index in [4.69, 9.17) is 0 Å². The lowest BCUT2D eigenvalue weighted by molar-refractivity contribution is 0.589. The summed E-state index contributed by atoms with van der Waals surface area (Å²) in [7, 11) is -4.02. The molecule has 0 saturated carbocycles. The highest BCUT2D eigenvalue weighted by Crippen LogP contribution is 2.30. The van der Waals surface area contributed by atoms with Crippen LogP contribution in [0.2, 0.25) is 0 Å². The number of nitrogens with one attached hydrogen (secondary N) is 2. The van der Waals surface area contributed by atoms with Gasteiger partial charge in [-0.05, 0) is 36.4 Å². The Kier molecular flexibility index (Phi) is 5.16. The lowest BCUT2D eigenvalue weighted by Crippen LogP contribution is -2.41. The molecule has 1 aromatic heterocycles. The van der Waals surface area contributed by atoms with Gasteiger partial charge in [0.05, 0.1) is 23.5 Å². The van der Waals surface area contributed by atoms with Crippen LogP contribution in [-0.2, 0) is 16.6 Å². The highest BCUT2D eigenvalue weighted by atomic mass is 32.2. The Morgan fingerprint density at radius 1 is 0.967 bits per heavy atom. The van der Waals surface area contributed by atoms with Crippen molar-refractivity contribution in [2.24, 2.45) is 4.99 Å². The minimum absolute atomic E-state index is 0.0302. The Labute approximate surface area is 171 Å². The fourth-order valence-corrected chi connectivity index (χ4v) is 3.92. The van der Waals surface area contributed by atoms with Crippen LogP contribution in [-0.4, -0.2) is 19.4 Å². The van der Waals surface area contributed by atoms with Crippen LogP contribution in [0.3, 0.4) is 0 Å². The molecule has 6 nitrogen and oxygen atoms in total. The van der Waals surface area contributed by atoms with Crippen LogP contribution in [0.15, 0.2) is 70.7 Å². The molecule has 0 fully saturated rings. The quantitative estimate of drug-likeness (QED) is 0.620. The molecule has 0 saturated heterocycles. The van der Waals surface area contributed by atoms with Gasteiger partial charge in [-0.2, -0.15) is 0 Å². The van der Waals surface area contributed by atoms with Gasteiger partial charge in [0.2, 0.25) is 5.96 Å². The molecule has 0 radical (unpaired) electrons. The molecule has 0 aliphatic carbocycles. The average molecular weight is 424 g/mol. The number of sulfonamides is 1. The molecular weight excluding hydrogens is 410 g/mol. The van der Waals surface area contributed by atoms with Gasteiger partial charge < -0.3 is 5.32 Å². The van der Waals surface area contributed by atoms with Gasteiger partial charge in [0, 0.05) is 11.8 Å². The largest absolute Gasteiger partial charge is 0.323 e. The second-order valence-electron chi connectivity index (χ2n) is 6.24. The van der Waals surface area contributed by atoms with Crippen LogP contribution < -0.4 is 10.0 Å². The van der Waals surface area contributed by atoms with Crippen molar-refractivity contribution in [2.45, 2.75) is 11.4 Å². The third kappa shape index (κ3) is 3.99. The first-order chi connectivity index (χ1) is 14.4. The van der Waals surface area contributed by atoms with E-state index < -0.39 is 21.7 Å². The number of guanidine groups is 1. The number of hydrogen-bond acceptors (Lipinski definition) is 4. The van der Waals surface area contributed by atoms with E-state index in [1.807, 2.05) is 6.07 Å². The molecular formula is C21H14F2N4O2S. The minimum atomic E-state index is -4.02. The lowest BCUT2D eigenvalue weighted by atomic mass is 10.1. The topological polar surface area (TPSA) is 83.5 Å². The highest BCUT2D eigenvalue weighted by molar-refractivity contribution is 7.90. The van der Waals surface area contributed by atoms with Crippen molar-refractivity contribution in [3.8, 4) is 11.8 Å². The number of aromatic nitrogens is 1. The Morgan fingerprint density at radius 2 is 1.77 bits per heavy atom. The van der Waals surface area contributed by atoms with Gasteiger partial charge in [0.25, 0.3) is 10.0 Å². The zero-order valence-corrected chi connectivity index (χ0v) is 16.2. The van der Waals surface area contributed by atoms with Crippen molar-refractivity contribution in [1.29, 1.82) is 0 Å². The van der Waals surface area contributed by atoms with Crippen molar-refractivity contribution in [2.75, 3.05) is 5.32 Å². The number of anilines is 1. The van der Waals surface area contributed by atoms with E-state index in [-0.39, 0.29) is 34.3 Å². The third-order valence-corrected chi connectivity index (χ3v) is 5.59. The van der Waals surface area contributed by atoms with Gasteiger partial charge in [-0.1, -0.05) is 30.0 Å². The monoisotopic (exact) mass is 424 g/mol.